The molecule has 0 aromatic carbocycles. The van der Waals surface area contributed by atoms with E-state index in [1.807, 2.05) is 20.8 Å². The molecule has 1 rings (SSSR count). The van der Waals surface area contributed by atoms with Gasteiger partial charge in [0.2, 0.25) is 5.91 Å². The standard InChI is InChI=1S/C12H19ClN4O/c1-4-9-11(13)15-7-16-12(9)14-6-5-10(18)17-8(2)3/h7-8H,4-6H2,1-3H3,(H,17,18)(H,14,15,16). The first-order chi connectivity index (χ1) is 8.54. The van der Waals surface area contributed by atoms with Gasteiger partial charge < -0.3 is 10.6 Å². The van der Waals surface area contributed by atoms with Crippen molar-refractivity contribution in [3.8, 4) is 0 Å². The second-order valence-electron chi connectivity index (χ2n) is 4.24. The minimum atomic E-state index is 0.0238. The van der Waals surface area contributed by atoms with E-state index in [4.69, 9.17) is 11.6 Å². The van der Waals surface area contributed by atoms with Gasteiger partial charge in [0.25, 0.3) is 0 Å². The van der Waals surface area contributed by atoms with Gasteiger partial charge in [-0.15, -0.1) is 0 Å². The average molecular weight is 271 g/mol. The second kappa shape index (κ2) is 7.16. The minimum absolute atomic E-state index is 0.0238. The van der Waals surface area contributed by atoms with E-state index in [9.17, 15) is 4.79 Å². The van der Waals surface area contributed by atoms with Gasteiger partial charge in [-0.1, -0.05) is 18.5 Å². The van der Waals surface area contributed by atoms with Crippen LogP contribution in [0, 0.1) is 0 Å². The summed E-state index contributed by atoms with van der Waals surface area (Å²) in [5.74, 6) is 0.727. The highest BCUT2D eigenvalue weighted by atomic mass is 35.5. The van der Waals surface area contributed by atoms with Crippen LogP contribution in [-0.4, -0.2) is 28.5 Å². The van der Waals surface area contributed by atoms with Gasteiger partial charge in [-0.25, -0.2) is 9.97 Å². The lowest BCUT2D eigenvalue weighted by atomic mass is 10.2. The monoisotopic (exact) mass is 270 g/mol. The van der Waals surface area contributed by atoms with Crippen molar-refractivity contribution < 1.29 is 4.79 Å². The molecule has 18 heavy (non-hydrogen) atoms. The number of hydrogen-bond donors (Lipinski definition) is 2. The van der Waals surface area contributed by atoms with Crippen molar-refractivity contribution >= 4 is 23.3 Å². The molecule has 0 aliphatic rings. The van der Waals surface area contributed by atoms with Crippen LogP contribution in [-0.2, 0) is 11.2 Å². The Morgan fingerprint density at radius 1 is 1.44 bits per heavy atom. The van der Waals surface area contributed by atoms with Gasteiger partial charge >= 0.3 is 0 Å². The van der Waals surface area contributed by atoms with E-state index >= 15 is 0 Å². The normalized spacial score (nSPS) is 10.5. The predicted octanol–water partition coefficient (Wildman–Crippen LogP) is 2.02. The van der Waals surface area contributed by atoms with Crippen LogP contribution in [0.25, 0.3) is 0 Å². The van der Waals surface area contributed by atoms with Crippen molar-refractivity contribution in [1.82, 2.24) is 15.3 Å². The van der Waals surface area contributed by atoms with Gasteiger partial charge in [-0.3, -0.25) is 4.79 Å². The Balaban J connectivity index is 2.49. The van der Waals surface area contributed by atoms with Gasteiger partial charge in [0.05, 0.1) is 0 Å². The Kier molecular flexibility index (Phi) is 5.85. The molecule has 0 unspecified atom stereocenters. The fourth-order valence-electron chi connectivity index (χ4n) is 1.55. The van der Waals surface area contributed by atoms with Crippen LogP contribution >= 0.6 is 11.6 Å². The summed E-state index contributed by atoms with van der Waals surface area (Å²) in [6.07, 6.45) is 2.57. The smallest absolute Gasteiger partial charge is 0.221 e. The maximum Gasteiger partial charge on any atom is 0.221 e. The minimum Gasteiger partial charge on any atom is -0.369 e. The molecule has 1 amide bonds. The number of hydrogen-bond acceptors (Lipinski definition) is 4. The first-order valence-corrected chi connectivity index (χ1v) is 6.45. The van der Waals surface area contributed by atoms with Crippen LogP contribution in [0.3, 0.4) is 0 Å². The van der Waals surface area contributed by atoms with Crippen LogP contribution in [0.1, 0.15) is 32.8 Å². The van der Waals surface area contributed by atoms with Gasteiger partial charge in [-0.05, 0) is 20.3 Å². The lowest BCUT2D eigenvalue weighted by molar-refractivity contribution is -0.121. The van der Waals surface area contributed by atoms with Crippen LogP contribution in [0.5, 0.6) is 0 Å². The van der Waals surface area contributed by atoms with Crippen molar-refractivity contribution in [2.45, 2.75) is 39.7 Å². The third kappa shape index (κ3) is 4.49. The average Bonchev–Trinajstić information content (AvgIpc) is 2.28. The summed E-state index contributed by atoms with van der Waals surface area (Å²) in [7, 11) is 0. The van der Waals surface area contributed by atoms with Gasteiger partial charge in [-0.2, -0.15) is 0 Å². The van der Waals surface area contributed by atoms with Crippen LogP contribution in [0.4, 0.5) is 5.82 Å². The third-order valence-electron chi connectivity index (χ3n) is 2.34. The molecule has 0 saturated heterocycles. The number of halogens is 1. The summed E-state index contributed by atoms with van der Waals surface area (Å²) in [6, 6.07) is 0.164. The molecule has 1 heterocycles. The maximum absolute atomic E-state index is 11.5. The first kappa shape index (κ1) is 14.7. The number of amides is 1. The first-order valence-electron chi connectivity index (χ1n) is 6.07. The molecule has 0 radical (unpaired) electrons. The molecule has 0 atom stereocenters. The van der Waals surface area contributed by atoms with E-state index < -0.39 is 0 Å². The van der Waals surface area contributed by atoms with Gasteiger partial charge in [0.1, 0.15) is 17.3 Å². The summed E-state index contributed by atoms with van der Waals surface area (Å²) >= 11 is 5.97. The molecule has 1 aromatic heterocycles. The van der Waals surface area contributed by atoms with E-state index in [1.54, 1.807) is 0 Å². The highest BCUT2D eigenvalue weighted by molar-refractivity contribution is 6.30. The summed E-state index contributed by atoms with van der Waals surface area (Å²) in [4.78, 5) is 19.5. The molecule has 5 nitrogen and oxygen atoms in total. The number of rotatable bonds is 6. The Morgan fingerprint density at radius 3 is 2.78 bits per heavy atom. The molecule has 2 N–H and O–H groups in total. The summed E-state index contributed by atoms with van der Waals surface area (Å²) < 4.78 is 0. The molecule has 100 valence electrons. The Morgan fingerprint density at radius 2 is 2.17 bits per heavy atom. The largest absolute Gasteiger partial charge is 0.369 e. The van der Waals surface area contributed by atoms with Crippen molar-refractivity contribution in [2.24, 2.45) is 0 Å². The molecule has 0 aliphatic heterocycles. The molecular formula is C12H19ClN4O. The zero-order chi connectivity index (χ0) is 13.5. The van der Waals surface area contributed by atoms with Crippen molar-refractivity contribution in [2.75, 3.05) is 11.9 Å². The SMILES string of the molecule is CCc1c(Cl)ncnc1NCCC(=O)NC(C)C. The number of carbonyl (C=O) groups is 1. The van der Waals surface area contributed by atoms with E-state index in [0.29, 0.717) is 23.9 Å². The number of carbonyl (C=O) groups excluding carboxylic acids is 1. The van der Waals surface area contributed by atoms with Crippen molar-refractivity contribution in [1.29, 1.82) is 0 Å². The highest BCUT2D eigenvalue weighted by Crippen LogP contribution is 2.19. The van der Waals surface area contributed by atoms with Crippen molar-refractivity contribution in [3.05, 3.63) is 17.0 Å². The molecule has 0 fully saturated rings. The molecule has 6 heteroatoms. The molecule has 0 bridgehead atoms. The summed E-state index contributed by atoms with van der Waals surface area (Å²) in [6.45, 7) is 6.38. The van der Waals surface area contributed by atoms with Crippen molar-refractivity contribution in [3.63, 3.8) is 0 Å². The number of nitrogens with zero attached hydrogens (tertiary/aromatic N) is 2. The number of aromatic nitrogens is 2. The topological polar surface area (TPSA) is 66.9 Å². The fraction of sp³-hybridized carbons (Fsp3) is 0.583. The Labute approximate surface area is 112 Å². The molecule has 0 spiro atoms. The van der Waals surface area contributed by atoms with E-state index in [2.05, 4.69) is 20.6 Å². The zero-order valence-corrected chi connectivity index (χ0v) is 11.7. The van der Waals surface area contributed by atoms with Gasteiger partial charge in [0.15, 0.2) is 0 Å². The second-order valence-corrected chi connectivity index (χ2v) is 4.60. The Bertz CT molecular complexity index is 409. The summed E-state index contributed by atoms with van der Waals surface area (Å²) in [5, 5.41) is 6.40. The lowest BCUT2D eigenvalue weighted by Crippen LogP contribution is -2.31. The predicted molar refractivity (Wildman–Crippen MR) is 72.8 cm³/mol. The Hall–Kier alpha value is -1.36. The molecule has 1 aromatic rings. The number of nitrogens with one attached hydrogen (secondary N) is 2. The lowest BCUT2D eigenvalue weighted by Gasteiger charge is -2.11. The van der Waals surface area contributed by atoms with Crippen LogP contribution in [0.15, 0.2) is 6.33 Å². The van der Waals surface area contributed by atoms with Gasteiger partial charge in [0, 0.05) is 24.6 Å². The van der Waals surface area contributed by atoms with E-state index in [-0.39, 0.29) is 11.9 Å². The number of anilines is 1. The quantitative estimate of drug-likeness (QED) is 0.776. The maximum atomic E-state index is 11.5. The van der Waals surface area contributed by atoms with E-state index in [0.717, 1.165) is 12.0 Å². The molecule has 0 aliphatic carbocycles. The van der Waals surface area contributed by atoms with Crippen LogP contribution < -0.4 is 10.6 Å². The zero-order valence-electron chi connectivity index (χ0n) is 11.0. The molecule has 0 saturated carbocycles. The summed E-state index contributed by atoms with van der Waals surface area (Å²) in [5.41, 5.74) is 0.878. The highest BCUT2D eigenvalue weighted by Gasteiger charge is 2.08. The van der Waals surface area contributed by atoms with E-state index in [1.165, 1.54) is 6.33 Å². The third-order valence-corrected chi connectivity index (χ3v) is 2.67. The fourth-order valence-corrected chi connectivity index (χ4v) is 1.81. The molecular weight excluding hydrogens is 252 g/mol. The van der Waals surface area contributed by atoms with Crippen LogP contribution in [0.2, 0.25) is 5.15 Å².